The Balaban J connectivity index is 3.17. The van der Waals surface area contributed by atoms with Gasteiger partial charge in [0.25, 0.3) is 5.56 Å². The summed E-state index contributed by atoms with van der Waals surface area (Å²) in [4.78, 5) is 13.4. The quantitative estimate of drug-likeness (QED) is 0.689. The van der Waals surface area contributed by atoms with E-state index in [9.17, 15) is 4.79 Å². The topological polar surface area (TPSA) is 32.9 Å². The summed E-state index contributed by atoms with van der Waals surface area (Å²) in [6.07, 6.45) is 1.71. The molecule has 3 heteroatoms. The SMILES string of the molecule is Cc1cc(CBr)c[nH]c1=O. The molecule has 1 N–H and O–H groups in total. The zero-order valence-electron chi connectivity index (χ0n) is 5.65. The molecule has 1 rings (SSSR count). The van der Waals surface area contributed by atoms with E-state index < -0.39 is 0 Å². The molecule has 0 atom stereocenters. The summed E-state index contributed by atoms with van der Waals surface area (Å²) >= 11 is 3.29. The van der Waals surface area contributed by atoms with Crippen molar-refractivity contribution in [3.8, 4) is 0 Å². The first kappa shape index (κ1) is 7.54. The van der Waals surface area contributed by atoms with Crippen molar-refractivity contribution >= 4 is 15.9 Å². The maximum atomic E-state index is 10.8. The molecular weight excluding hydrogens is 194 g/mol. The molecule has 0 radical (unpaired) electrons. The van der Waals surface area contributed by atoms with Gasteiger partial charge in [-0.1, -0.05) is 15.9 Å². The van der Waals surface area contributed by atoms with E-state index in [2.05, 4.69) is 20.9 Å². The zero-order valence-corrected chi connectivity index (χ0v) is 7.23. The summed E-state index contributed by atoms with van der Waals surface area (Å²) in [5, 5.41) is 0.782. The van der Waals surface area contributed by atoms with Crippen LogP contribution in [0.25, 0.3) is 0 Å². The standard InChI is InChI=1S/C7H8BrNO/c1-5-2-6(3-8)4-9-7(5)10/h2,4H,3H2,1H3,(H,9,10). The van der Waals surface area contributed by atoms with E-state index in [1.807, 2.05) is 6.07 Å². The minimum atomic E-state index is -0.00954. The Morgan fingerprint density at radius 2 is 2.40 bits per heavy atom. The third-order valence-corrected chi connectivity index (χ3v) is 1.95. The van der Waals surface area contributed by atoms with Crippen LogP contribution in [-0.4, -0.2) is 4.98 Å². The number of hydrogen-bond acceptors (Lipinski definition) is 1. The molecule has 0 aliphatic carbocycles. The van der Waals surface area contributed by atoms with Gasteiger partial charge in [0.2, 0.25) is 0 Å². The van der Waals surface area contributed by atoms with E-state index in [1.165, 1.54) is 0 Å². The molecule has 0 fully saturated rings. The van der Waals surface area contributed by atoms with Gasteiger partial charge in [0.05, 0.1) is 0 Å². The molecule has 1 heterocycles. The molecule has 2 nitrogen and oxygen atoms in total. The summed E-state index contributed by atoms with van der Waals surface area (Å²) in [7, 11) is 0. The van der Waals surface area contributed by atoms with Gasteiger partial charge in [-0.05, 0) is 18.6 Å². The fourth-order valence-electron chi connectivity index (χ4n) is 0.735. The molecule has 10 heavy (non-hydrogen) atoms. The third kappa shape index (κ3) is 1.48. The van der Waals surface area contributed by atoms with Gasteiger partial charge >= 0.3 is 0 Å². The summed E-state index contributed by atoms with van der Waals surface area (Å²) in [5.74, 6) is 0. The molecule has 1 aromatic rings. The lowest BCUT2D eigenvalue weighted by molar-refractivity contribution is 1.14. The molecule has 0 amide bonds. The second-order valence-corrected chi connectivity index (χ2v) is 2.71. The third-order valence-electron chi connectivity index (χ3n) is 1.30. The molecule has 0 aliphatic rings. The Labute approximate surface area is 67.4 Å². The Morgan fingerprint density at radius 1 is 1.70 bits per heavy atom. The van der Waals surface area contributed by atoms with Crippen molar-refractivity contribution in [3.63, 3.8) is 0 Å². The average Bonchev–Trinajstić information content (AvgIpc) is 1.95. The number of H-pyrrole nitrogens is 1. The number of aromatic amines is 1. The number of rotatable bonds is 1. The van der Waals surface area contributed by atoms with Crippen LogP contribution in [0.4, 0.5) is 0 Å². The van der Waals surface area contributed by atoms with Gasteiger partial charge < -0.3 is 4.98 Å². The van der Waals surface area contributed by atoms with Crippen LogP contribution in [0.3, 0.4) is 0 Å². The largest absolute Gasteiger partial charge is 0.329 e. The van der Waals surface area contributed by atoms with Crippen molar-refractivity contribution in [2.75, 3.05) is 0 Å². The van der Waals surface area contributed by atoms with Crippen molar-refractivity contribution < 1.29 is 0 Å². The lowest BCUT2D eigenvalue weighted by Gasteiger charge is -1.94. The monoisotopic (exact) mass is 201 g/mol. The van der Waals surface area contributed by atoms with Crippen molar-refractivity contribution in [2.24, 2.45) is 0 Å². The van der Waals surface area contributed by atoms with Crippen LogP contribution >= 0.6 is 15.9 Å². The van der Waals surface area contributed by atoms with E-state index in [4.69, 9.17) is 0 Å². The van der Waals surface area contributed by atoms with Crippen LogP contribution in [0.5, 0.6) is 0 Å². The predicted octanol–water partition coefficient (Wildman–Crippen LogP) is 1.58. The first-order valence-electron chi connectivity index (χ1n) is 2.98. The molecule has 0 spiro atoms. The molecule has 0 saturated heterocycles. The fraction of sp³-hybridized carbons (Fsp3) is 0.286. The van der Waals surface area contributed by atoms with Crippen LogP contribution in [0, 0.1) is 6.92 Å². The smallest absolute Gasteiger partial charge is 0.250 e. The summed E-state index contributed by atoms with van der Waals surface area (Å²) in [6, 6.07) is 1.87. The van der Waals surface area contributed by atoms with Gasteiger partial charge in [0.1, 0.15) is 0 Å². The number of pyridine rings is 1. The van der Waals surface area contributed by atoms with Gasteiger partial charge in [0.15, 0.2) is 0 Å². The van der Waals surface area contributed by atoms with E-state index in [0.29, 0.717) is 0 Å². The highest BCUT2D eigenvalue weighted by molar-refractivity contribution is 9.08. The van der Waals surface area contributed by atoms with Gasteiger partial charge in [0, 0.05) is 17.1 Å². The first-order valence-corrected chi connectivity index (χ1v) is 4.10. The second-order valence-electron chi connectivity index (χ2n) is 2.15. The Morgan fingerprint density at radius 3 is 2.90 bits per heavy atom. The number of nitrogens with one attached hydrogen (secondary N) is 1. The van der Waals surface area contributed by atoms with Crippen LogP contribution in [0.15, 0.2) is 17.1 Å². The number of aromatic nitrogens is 1. The van der Waals surface area contributed by atoms with Crippen molar-refractivity contribution in [3.05, 3.63) is 33.7 Å². The Bertz CT molecular complexity index is 279. The maximum absolute atomic E-state index is 10.8. The van der Waals surface area contributed by atoms with Crippen LogP contribution < -0.4 is 5.56 Å². The number of hydrogen-bond donors (Lipinski definition) is 1. The lowest BCUT2D eigenvalue weighted by atomic mass is 10.2. The van der Waals surface area contributed by atoms with E-state index >= 15 is 0 Å². The Kier molecular flexibility index (Phi) is 2.27. The van der Waals surface area contributed by atoms with Gasteiger partial charge in [-0.3, -0.25) is 4.79 Å². The van der Waals surface area contributed by atoms with Gasteiger partial charge in [-0.15, -0.1) is 0 Å². The zero-order chi connectivity index (χ0) is 7.56. The molecule has 0 unspecified atom stereocenters. The highest BCUT2D eigenvalue weighted by Crippen LogP contribution is 2.02. The fourth-order valence-corrected chi connectivity index (χ4v) is 1.06. The molecule has 0 aromatic carbocycles. The maximum Gasteiger partial charge on any atom is 0.250 e. The van der Waals surface area contributed by atoms with Crippen molar-refractivity contribution in [1.29, 1.82) is 0 Å². The summed E-state index contributed by atoms with van der Waals surface area (Å²) in [5.41, 5.74) is 1.85. The highest BCUT2D eigenvalue weighted by atomic mass is 79.9. The van der Waals surface area contributed by atoms with E-state index in [-0.39, 0.29) is 5.56 Å². The molecule has 1 aromatic heterocycles. The van der Waals surface area contributed by atoms with Crippen LogP contribution in [0.1, 0.15) is 11.1 Å². The molecule has 0 aliphatic heterocycles. The van der Waals surface area contributed by atoms with Gasteiger partial charge in [-0.25, -0.2) is 0 Å². The van der Waals surface area contributed by atoms with Crippen LogP contribution in [0.2, 0.25) is 0 Å². The molecule has 0 bridgehead atoms. The lowest BCUT2D eigenvalue weighted by Crippen LogP contribution is -2.08. The average molecular weight is 202 g/mol. The molecular formula is C7H8BrNO. The minimum Gasteiger partial charge on any atom is -0.329 e. The van der Waals surface area contributed by atoms with Crippen molar-refractivity contribution in [1.82, 2.24) is 4.98 Å². The van der Waals surface area contributed by atoms with Gasteiger partial charge in [-0.2, -0.15) is 0 Å². The highest BCUT2D eigenvalue weighted by Gasteiger charge is 1.93. The number of alkyl halides is 1. The van der Waals surface area contributed by atoms with Crippen molar-refractivity contribution in [2.45, 2.75) is 12.3 Å². The van der Waals surface area contributed by atoms with E-state index in [0.717, 1.165) is 16.5 Å². The summed E-state index contributed by atoms with van der Waals surface area (Å²) in [6.45, 7) is 1.80. The second kappa shape index (κ2) is 3.01. The Hall–Kier alpha value is -0.570. The summed E-state index contributed by atoms with van der Waals surface area (Å²) < 4.78 is 0. The first-order chi connectivity index (χ1) is 4.74. The normalized spacial score (nSPS) is 9.80. The number of halogens is 1. The number of aryl methyl sites for hydroxylation is 1. The van der Waals surface area contributed by atoms with Crippen LogP contribution in [-0.2, 0) is 5.33 Å². The van der Waals surface area contributed by atoms with E-state index in [1.54, 1.807) is 13.1 Å². The molecule has 54 valence electrons. The molecule has 0 saturated carbocycles. The minimum absolute atomic E-state index is 0.00954. The predicted molar refractivity (Wildman–Crippen MR) is 44.4 cm³/mol.